The lowest BCUT2D eigenvalue weighted by Crippen LogP contribution is -2.01. The van der Waals surface area contributed by atoms with Gasteiger partial charge in [0.15, 0.2) is 5.69 Å². The molecule has 3 heteroatoms. The number of aromatic nitrogens is 1. The summed E-state index contributed by atoms with van der Waals surface area (Å²) >= 11 is 0. The SMILES string of the molecule is Cc1ccc2c(C(=O)O)nccc2c1C. The third-order valence-corrected chi connectivity index (χ3v) is 2.69. The van der Waals surface area contributed by atoms with E-state index in [0.717, 1.165) is 16.5 Å². The molecule has 0 bridgehead atoms. The molecule has 1 aromatic carbocycles. The molecule has 2 aromatic rings. The van der Waals surface area contributed by atoms with E-state index in [4.69, 9.17) is 5.11 Å². The van der Waals surface area contributed by atoms with E-state index in [1.54, 1.807) is 0 Å². The van der Waals surface area contributed by atoms with Crippen molar-refractivity contribution in [1.29, 1.82) is 0 Å². The number of aryl methyl sites for hydroxylation is 2. The molecule has 2 rings (SSSR count). The average Bonchev–Trinajstić information content (AvgIpc) is 2.23. The van der Waals surface area contributed by atoms with Crippen molar-refractivity contribution in [1.82, 2.24) is 4.98 Å². The highest BCUT2D eigenvalue weighted by Gasteiger charge is 2.11. The number of hydrogen-bond acceptors (Lipinski definition) is 2. The number of nitrogens with zero attached hydrogens (tertiary/aromatic N) is 1. The van der Waals surface area contributed by atoms with Gasteiger partial charge in [-0.1, -0.05) is 12.1 Å². The first-order valence-electron chi connectivity index (χ1n) is 4.69. The van der Waals surface area contributed by atoms with E-state index >= 15 is 0 Å². The molecular weight excluding hydrogens is 190 g/mol. The second-order valence-corrected chi connectivity index (χ2v) is 3.57. The van der Waals surface area contributed by atoms with Crippen LogP contribution in [0.4, 0.5) is 0 Å². The van der Waals surface area contributed by atoms with Crippen LogP contribution in [0.1, 0.15) is 21.6 Å². The summed E-state index contributed by atoms with van der Waals surface area (Å²) in [5, 5.41) is 10.6. The number of fused-ring (bicyclic) bond motifs is 1. The number of aromatic carboxylic acids is 1. The molecule has 1 heterocycles. The third-order valence-electron chi connectivity index (χ3n) is 2.69. The summed E-state index contributed by atoms with van der Waals surface area (Å²) in [6.07, 6.45) is 1.54. The van der Waals surface area contributed by atoms with Gasteiger partial charge in [-0.3, -0.25) is 0 Å². The predicted octanol–water partition coefficient (Wildman–Crippen LogP) is 2.55. The Morgan fingerprint density at radius 1 is 1.20 bits per heavy atom. The molecule has 0 saturated heterocycles. The van der Waals surface area contributed by atoms with E-state index in [2.05, 4.69) is 4.98 Å². The van der Waals surface area contributed by atoms with Gasteiger partial charge in [0, 0.05) is 11.6 Å². The van der Waals surface area contributed by atoms with Crippen LogP contribution in [0.5, 0.6) is 0 Å². The highest BCUT2D eigenvalue weighted by molar-refractivity contribution is 6.02. The summed E-state index contributed by atoms with van der Waals surface area (Å²) in [7, 11) is 0. The molecule has 15 heavy (non-hydrogen) atoms. The Morgan fingerprint density at radius 2 is 1.93 bits per heavy atom. The van der Waals surface area contributed by atoms with Crippen LogP contribution in [0.3, 0.4) is 0 Å². The van der Waals surface area contributed by atoms with Crippen LogP contribution in [0, 0.1) is 13.8 Å². The fourth-order valence-electron chi connectivity index (χ4n) is 1.69. The monoisotopic (exact) mass is 201 g/mol. The minimum absolute atomic E-state index is 0.121. The molecule has 0 saturated carbocycles. The molecule has 0 radical (unpaired) electrons. The fraction of sp³-hybridized carbons (Fsp3) is 0.167. The Hall–Kier alpha value is -1.90. The molecule has 0 aliphatic carbocycles. The zero-order valence-corrected chi connectivity index (χ0v) is 8.61. The summed E-state index contributed by atoms with van der Waals surface area (Å²) in [6.45, 7) is 4.00. The lowest BCUT2D eigenvalue weighted by Gasteiger charge is -2.06. The van der Waals surface area contributed by atoms with Crippen LogP contribution in [0.2, 0.25) is 0 Å². The standard InChI is InChI=1S/C12H11NO2/c1-7-3-4-10-9(8(7)2)5-6-13-11(10)12(14)15/h3-6H,1-2H3,(H,14,15). The number of carboxylic acids is 1. The van der Waals surface area contributed by atoms with Gasteiger partial charge in [0.25, 0.3) is 0 Å². The second-order valence-electron chi connectivity index (χ2n) is 3.57. The molecule has 0 spiro atoms. The molecular formula is C12H11NO2. The Morgan fingerprint density at radius 3 is 2.60 bits per heavy atom. The van der Waals surface area contributed by atoms with Crippen molar-refractivity contribution >= 4 is 16.7 Å². The van der Waals surface area contributed by atoms with Gasteiger partial charge in [0.1, 0.15) is 0 Å². The third kappa shape index (κ3) is 1.46. The van der Waals surface area contributed by atoms with Gasteiger partial charge in [-0.2, -0.15) is 0 Å². The van der Waals surface area contributed by atoms with Crippen molar-refractivity contribution in [3.8, 4) is 0 Å². The van der Waals surface area contributed by atoms with E-state index in [1.807, 2.05) is 32.0 Å². The number of rotatable bonds is 1. The fourth-order valence-corrected chi connectivity index (χ4v) is 1.69. The molecule has 0 atom stereocenters. The van der Waals surface area contributed by atoms with Crippen LogP contribution in [-0.2, 0) is 0 Å². The number of carboxylic acid groups (broad SMARTS) is 1. The molecule has 0 aliphatic rings. The highest BCUT2D eigenvalue weighted by atomic mass is 16.4. The van der Waals surface area contributed by atoms with Crippen molar-refractivity contribution in [3.63, 3.8) is 0 Å². The number of hydrogen-bond donors (Lipinski definition) is 1. The van der Waals surface area contributed by atoms with Crippen LogP contribution in [0.25, 0.3) is 10.8 Å². The molecule has 1 N–H and O–H groups in total. The van der Waals surface area contributed by atoms with E-state index < -0.39 is 5.97 Å². The second kappa shape index (κ2) is 3.35. The average molecular weight is 201 g/mol. The molecule has 0 aliphatic heterocycles. The molecule has 3 nitrogen and oxygen atoms in total. The van der Waals surface area contributed by atoms with Gasteiger partial charge in [-0.05, 0) is 36.4 Å². The summed E-state index contributed by atoms with van der Waals surface area (Å²) in [6, 6.07) is 5.59. The predicted molar refractivity (Wildman–Crippen MR) is 58.2 cm³/mol. The number of carbonyl (C=O) groups is 1. The van der Waals surface area contributed by atoms with Crippen molar-refractivity contribution in [2.24, 2.45) is 0 Å². The minimum Gasteiger partial charge on any atom is -0.476 e. The maximum absolute atomic E-state index is 10.9. The molecule has 1 aromatic heterocycles. The zero-order valence-electron chi connectivity index (χ0n) is 8.61. The van der Waals surface area contributed by atoms with Gasteiger partial charge >= 0.3 is 5.97 Å². The molecule has 0 fully saturated rings. The maximum Gasteiger partial charge on any atom is 0.355 e. The Kier molecular flexibility index (Phi) is 2.15. The van der Waals surface area contributed by atoms with Crippen molar-refractivity contribution in [3.05, 3.63) is 41.2 Å². The Bertz CT molecular complexity index is 547. The normalized spacial score (nSPS) is 10.5. The van der Waals surface area contributed by atoms with E-state index in [9.17, 15) is 4.79 Å². The summed E-state index contributed by atoms with van der Waals surface area (Å²) in [5.41, 5.74) is 2.39. The Labute approximate surface area is 87.4 Å². The van der Waals surface area contributed by atoms with Crippen molar-refractivity contribution in [2.75, 3.05) is 0 Å². The first kappa shape index (κ1) is 9.65. The molecule has 76 valence electrons. The Balaban J connectivity index is 2.89. The van der Waals surface area contributed by atoms with Crippen LogP contribution in [-0.4, -0.2) is 16.1 Å². The molecule has 0 unspecified atom stereocenters. The largest absolute Gasteiger partial charge is 0.476 e. The highest BCUT2D eigenvalue weighted by Crippen LogP contribution is 2.22. The number of pyridine rings is 1. The topological polar surface area (TPSA) is 50.2 Å². The lowest BCUT2D eigenvalue weighted by atomic mass is 10.0. The van der Waals surface area contributed by atoms with Gasteiger partial charge in [0.2, 0.25) is 0 Å². The summed E-state index contributed by atoms with van der Waals surface area (Å²) < 4.78 is 0. The van der Waals surface area contributed by atoms with Gasteiger partial charge in [-0.25, -0.2) is 9.78 Å². The van der Waals surface area contributed by atoms with E-state index in [0.29, 0.717) is 5.39 Å². The van der Waals surface area contributed by atoms with Gasteiger partial charge in [-0.15, -0.1) is 0 Å². The molecule has 0 amide bonds. The van der Waals surface area contributed by atoms with E-state index in [-0.39, 0.29) is 5.69 Å². The lowest BCUT2D eigenvalue weighted by molar-refractivity contribution is 0.0693. The summed E-state index contributed by atoms with van der Waals surface area (Å²) in [4.78, 5) is 14.8. The van der Waals surface area contributed by atoms with Gasteiger partial charge < -0.3 is 5.11 Å². The van der Waals surface area contributed by atoms with Crippen LogP contribution >= 0.6 is 0 Å². The first-order chi connectivity index (χ1) is 7.11. The van der Waals surface area contributed by atoms with Crippen molar-refractivity contribution in [2.45, 2.75) is 13.8 Å². The first-order valence-corrected chi connectivity index (χ1v) is 4.69. The smallest absolute Gasteiger partial charge is 0.355 e. The van der Waals surface area contributed by atoms with Gasteiger partial charge in [0.05, 0.1) is 0 Å². The van der Waals surface area contributed by atoms with Crippen LogP contribution in [0.15, 0.2) is 24.4 Å². The quantitative estimate of drug-likeness (QED) is 0.771. The van der Waals surface area contributed by atoms with E-state index in [1.165, 1.54) is 6.20 Å². The minimum atomic E-state index is -0.983. The summed E-state index contributed by atoms with van der Waals surface area (Å²) in [5.74, 6) is -0.983. The zero-order chi connectivity index (χ0) is 11.0. The van der Waals surface area contributed by atoms with Crippen molar-refractivity contribution < 1.29 is 9.90 Å². The number of benzene rings is 1. The maximum atomic E-state index is 10.9. The van der Waals surface area contributed by atoms with Crippen LogP contribution < -0.4 is 0 Å².